The second-order valence-corrected chi connectivity index (χ2v) is 10.6. The Morgan fingerprint density at radius 1 is 1.27 bits per heavy atom. The molecule has 1 aromatic carbocycles. The smallest absolute Gasteiger partial charge is 0.215 e. The van der Waals surface area contributed by atoms with Crippen LogP contribution in [0.1, 0.15) is 38.9 Å². The van der Waals surface area contributed by atoms with Gasteiger partial charge in [-0.1, -0.05) is 49.3 Å². The van der Waals surface area contributed by atoms with Gasteiger partial charge in [-0.25, -0.2) is 8.42 Å². The van der Waals surface area contributed by atoms with E-state index in [0.29, 0.717) is 11.7 Å². The maximum atomic E-state index is 13.0. The molecule has 2 saturated carbocycles. The zero-order valence-electron chi connectivity index (χ0n) is 15.2. The van der Waals surface area contributed by atoms with Gasteiger partial charge in [0.2, 0.25) is 10.0 Å². The largest absolute Gasteiger partial charge is 0.359 e. The van der Waals surface area contributed by atoms with Gasteiger partial charge in [-0.3, -0.25) is 0 Å². The van der Waals surface area contributed by atoms with Crippen LogP contribution in [0.3, 0.4) is 0 Å². The first kappa shape index (κ1) is 16.5. The monoisotopic (exact) mass is 372 g/mol. The molecule has 3 aliphatic rings. The molecule has 5 rings (SSSR count). The van der Waals surface area contributed by atoms with Crippen LogP contribution in [0.2, 0.25) is 0 Å². The number of fused-ring (bicyclic) bond motifs is 1. The average Bonchev–Trinajstić information content (AvgIpc) is 3.28. The van der Waals surface area contributed by atoms with Crippen molar-refractivity contribution in [3.8, 4) is 11.3 Å². The van der Waals surface area contributed by atoms with E-state index in [2.05, 4.69) is 19.0 Å². The Labute approximate surface area is 154 Å². The number of hydrogen-bond donors (Lipinski definition) is 0. The number of benzene rings is 1. The van der Waals surface area contributed by atoms with Crippen LogP contribution in [0, 0.1) is 16.7 Å². The van der Waals surface area contributed by atoms with Gasteiger partial charge in [0.15, 0.2) is 5.76 Å². The second-order valence-electron chi connectivity index (χ2n) is 8.71. The van der Waals surface area contributed by atoms with Crippen molar-refractivity contribution in [2.45, 2.75) is 45.7 Å². The highest BCUT2D eigenvalue weighted by Crippen LogP contribution is 2.70. The van der Waals surface area contributed by atoms with Crippen molar-refractivity contribution in [1.82, 2.24) is 9.46 Å². The normalized spacial score (nSPS) is 34.2. The molecule has 2 aromatic rings. The summed E-state index contributed by atoms with van der Waals surface area (Å²) in [6, 6.07) is 11.8. The standard InChI is InChI=1S/C20H24N2O3S/c1-19(2)15-8-9-20(19)13-26(23,24)22(18(20)10-15)12-16-11-17(21-25-16)14-6-4-3-5-7-14/h3-7,11,15,18H,8-10,12-13H2,1-2H3/t15-,18-,20?/m1/s1. The van der Waals surface area contributed by atoms with Gasteiger partial charge in [-0.15, -0.1) is 0 Å². The summed E-state index contributed by atoms with van der Waals surface area (Å²) in [6.45, 7) is 4.83. The Morgan fingerprint density at radius 2 is 2.04 bits per heavy atom. The number of sulfonamides is 1. The quantitative estimate of drug-likeness (QED) is 0.824. The van der Waals surface area contributed by atoms with E-state index in [1.165, 1.54) is 0 Å². The molecule has 2 bridgehead atoms. The maximum Gasteiger partial charge on any atom is 0.215 e. The van der Waals surface area contributed by atoms with E-state index >= 15 is 0 Å². The first-order chi connectivity index (χ1) is 12.3. The highest BCUT2D eigenvalue weighted by Gasteiger charge is 2.71. The van der Waals surface area contributed by atoms with E-state index in [9.17, 15) is 8.42 Å². The zero-order valence-corrected chi connectivity index (χ0v) is 16.0. The molecule has 1 aliphatic heterocycles. The topological polar surface area (TPSA) is 63.4 Å². The first-order valence-corrected chi connectivity index (χ1v) is 10.9. The van der Waals surface area contributed by atoms with E-state index in [-0.39, 0.29) is 29.2 Å². The molecule has 6 heteroatoms. The highest BCUT2D eigenvalue weighted by atomic mass is 32.2. The van der Waals surface area contributed by atoms with Gasteiger partial charge in [-0.2, -0.15) is 4.31 Å². The van der Waals surface area contributed by atoms with E-state index in [0.717, 1.165) is 30.5 Å². The Balaban J connectivity index is 1.46. The molecule has 3 atom stereocenters. The van der Waals surface area contributed by atoms with Crippen molar-refractivity contribution >= 4 is 10.0 Å². The van der Waals surface area contributed by atoms with Crippen molar-refractivity contribution < 1.29 is 12.9 Å². The van der Waals surface area contributed by atoms with Crippen molar-refractivity contribution in [2.75, 3.05) is 5.75 Å². The molecular weight excluding hydrogens is 348 g/mol. The summed E-state index contributed by atoms with van der Waals surface area (Å²) in [7, 11) is -3.27. The van der Waals surface area contributed by atoms with Gasteiger partial charge in [0.25, 0.3) is 0 Å². The predicted molar refractivity (Wildman–Crippen MR) is 98.6 cm³/mol. The Hall–Kier alpha value is -1.66. The van der Waals surface area contributed by atoms with Crippen molar-refractivity contribution in [2.24, 2.45) is 16.7 Å². The highest BCUT2D eigenvalue weighted by molar-refractivity contribution is 7.89. The molecule has 138 valence electrons. The fourth-order valence-electron chi connectivity index (χ4n) is 5.87. The third kappa shape index (κ3) is 2.06. The predicted octanol–water partition coefficient (Wildman–Crippen LogP) is 3.68. The van der Waals surface area contributed by atoms with Gasteiger partial charge < -0.3 is 4.52 Å². The SMILES string of the molecule is CC1(C)[C@@H]2CCC13CS(=O)(=O)N(Cc1cc(-c4ccccc4)no1)[C@@H]3C2. The molecule has 1 spiro atoms. The van der Waals surface area contributed by atoms with Crippen LogP contribution in [0.4, 0.5) is 0 Å². The van der Waals surface area contributed by atoms with Gasteiger partial charge in [-0.05, 0) is 30.6 Å². The lowest BCUT2D eigenvalue weighted by molar-refractivity contribution is 0.109. The van der Waals surface area contributed by atoms with E-state index in [4.69, 9.17) is 4.52 Å². The fraction of sp³-hybridized carbons (Fsp3) is 0.550. The summed E-state index contributed by atoms with van der Waals surface area (Å²) in [6.07, 6.45) is 3.16. The average molecular weight is 372 g/mol. The fourth-order valence-corrected chi connectivity index (χ4v) is 8.39. The van der Waals surface area contributed by atoms with Gasteiger partial charge in [0, 0.05) is 23.1 Å². The molecule has 0 N–H and O–H groups in total. The third-order valence-corrected chi connectivity index (χ3v) is 9.45. The van der Waals surface area contributed by atoms with Crippen molar-refractivity contribution in [3.05, 3.63) is 42.2 Å². The van der Waals surface area contributed by atoms with Crippen LogP contribution in [0.5, 0.6) is 0 Å². The van der Waals surface area contributed by atoms with Crippen molar-refractivity contribution in [3.63, 3.8) is 0 Å². The number of rotatable bonds is 3. The lowest BCUT2D eigenvalue weighted by atomic mass is 9.69. The number of nitrogens with zero attached hydrogens (tertiary/aromatic N) is 2. The number of hydrogen-bond acceptors (Lipinski definition) is 4. The summed E-state index contributed by atoms with van der Waals surface area (Å²) >= 11 is 0. The van der Waals surface area contributed by atoms with Crippen LogP contribution < -0.4 is 0 Å². The molecule has 1 saturated heterocycles. The molecule has 0 amide bonds. The summed E-state index contributed by atoms with van der Waals surface area (Å²) in [4.78, 5) is 0. The molecular formula is C20H24N2O3S. The maximum absolute atomic E-state index is 13.0. The number of aromatic nitrogens is 1. The second kappa shape index (κ2) is 5.20. The summed E-state index contributed by atoms with van der Waals surface area (Å²) in [5, 5.41) is 4.14. The summed E-state index contributed by atoms with van der Waals surface area (Å²) in [5.74, 6) is 1.53. The first-order valence-electron chi connectivity index (χ1n) is 9.34. The van der Waals surface area contributed by atoms with Crippen LogP contribution in [-0.4, -0.2) is 29.7 Å². The molecule has 1 aromatic heterocycles. The molecule has 0 radical (unpaired) electrons. The van der Waals surface area contributed by atoms with Crippen molar-refractivity contribution in [1.29, 1.82) is 0 Å². The molecule has 2 aliphatic carbocycles. The summed E-state index contributed by atoms with van der Waals surface area (Å²) in [5.41, 5.74) is 1.72. The van der Waals surface area contributed by atoms with Gasteiger partial charge in [0.05, 0.1) is 12.3 Å². The molecule has 26 heavy (non-hydrogen) atoms. The minimum Gasteiger partial charge on any atom is -0.359 e. The van der Waals surface area contributed by atoms with Crippen LogP contribution in [0.15, 0.2) is 40.9 Å². The Bertz CT molecular complexity index is 950. The van der Waals surface area contributed by atoms with E-state index in [1.54, 1.807) is 4.31 Å². The lowest BCUT2D eigenvalue weighted by Crippen LogP contribution is -2.41. The lowest BCUT2D eigenvalue weighted by Gasteiger charge is -2.37. The Kier molecular flexibility index (Phi) is 3.30. The minimum atomic E-state index is -3.27. The van der Waals surface area contributed by atoms with Gasteiger partial charge >= 0.3 is 0 Å². The summed E-state index contributed by atoms with van der Waals surface area (Å²) < 4.78 is 33.2. The van der Waals surface area contributed by atoms with Crippen LogP contribution in [-0.2, 0) is 16.6 Å². The molecule has 1 unspecified atom stereocenters. The van der Waals surface area contributed by atoms with Crippen LogP contribution in [0.25, 0.3) is 11.3 Å². The van der Waals surface area contributed by atoms with E-state index in [1.807, 2.05) is 36.4 Å². The zero-order chi connectivity index (χ0) is 18.2. The Morgan fingerprint density at radius 3 is 2.77 bits per heavy atom. The third-order valence-electron chi connectivity index (χ3n) is 7.47. The van der Waals surface area contributed by atoms with Crippen LogP contribution >= 0.6 is 0 Å². The molecule has 5 nitrogen and oxygen atoms in total. The molecule has 3 fully saturated rings. The van der Waals surface area contributed by atoms with E-state index < -0.39 is 10.0 Å². The minimum absolute atomic E-state index is 0.0934. The van der Waals surface area contributed by atoms with Gasteiger partial charge in [0.1, 0.15) is 5.69 Å². The molecule has 2 heterocycles.